The van der Waals surface area contributed by atoms with Gasteiger partial charge in [-0.1, -0.05) is 6.07 Å². The highest BCUT2D eigenvalue weighted by Gasteiger charge is 2.36. The Morgan fingerprint density at radius 1 is 1.08 bits per heavy atom. The van der Waals surface area contributed by atoms with Gasteiger partial charge in [0.2, 0.25) is 16.0 Å². The van der Waals surface area contributed by atoms with Gasteiger partial charge in [0.1, 0.15) is 34.6 Å². The van der Waals surface area contributed by atoms with Crippen LogP contribution in [0.3, 0.4) is 0 Å². The van der Waals surface area contributed by atoms with Crippen LogP contribution in [-0.4, -0.2) is 79.6 Å². The van der Waals surface area contributed by atoms with E-state index < -0.39 is 27.5 Å². The van der Waals surface area contributed by atoms with E-state index in [0.29, 0.717) is 36.2 Å². The van der Waals surface area contributed by atoms with Crippen LogP contribution in [0.2, 0.25) is 0 Å². The number of anilines is 1. The van der Waals surface area contributed by atoms with Gasteiger partial charge in [-0.15, -0.1) is 10.2 Å². The number of nitrogens with zero attached hydrogens (tertiary/aromatic N) is 5. The predicted octanol–water partition coefficient (Wildman–Crippen LogP) is 1.99. The van der Waals surface area contributed by atoms with Gasteiger partial charge in [0.05, 0.1) is 34.0 Å². The number of hydrogen-bond acceptors (Lipinski definition) is 11. The van der Waals surface area contributed by atoms with E-state index >= 15 is 0 Å². The van der Waals surface area contributed by atoms with Gasteiger partial charge < -0.3 is 23.7 Å². The molecule has 37 heavy (non-hydrogen) atoms. The van der Waals surface area contributed by atoms with Crippen molar-refractivity contribution in [3.8, 4) is 17.2 Å². The van der Waals surface area contributed by atoms with Crippen LogP contribution in [0.1, 0.15) is 36.3 Å². The van der Waals surface area contributed by atoms with Crippen molar-refractivity contribution in [1.82, 2.24) is 24.7 Å². The zero-order chi connectivity index (χ0) is 26.6. The standard InChI is InChI=1S/C23H30N6O7S/c1-14-11-24-21(25-12-14)20(34-5)15(2)37(30,31)28-23-27-26-22(18-13-35-9-10-36-18)29(23)19-16(32-3)7-6-8-17(19)33-4/h6-8,11-12,15,18,20H,9-10,13H2,1-5H3,(H,27,28)/t15-,18?,20-/m0/s1. The van der Waals surface area contributed by atoms with Gasteiger partial charge in [-0.3, -0.25) is 9.29 Å². The summed E-state index contributed by atoms with van der Waals surface area (Å²) in [6.07, 6.45) is 1.66. The number of aryl methyl sites for hydroxylation is 1. The molecule has 3 aromatic rings. The normalized spacial score (nSPS) is 17.7. The fraction of sp³-hybridized carbons (Fsp3) is 0.478. The number of rotatable bonds is 10. The molecule has 3 heterocycles. The number of para-hydroxylation sites is 1. The van der Waals surface area contributed by atoms with Crippen LogP contribution >= 0.6 is 0 Å². The first-order valence-electron chi connectivity index (χ1n) is 11.5. The minimum atomic E-state index is -4.10. The molecule has 1 fully saturated rings. The van der Waals surface area contributed by atoms with Crippen LogP contribution in [0, 0.1) is 6.92 Å². The maximum absolute atomic E-state index is 13.6. The lowest BCUT2D eigenvalue weighted by molar-refractivity contribution is -0.0941. The zero-order valence-electron chi connectivity index (χ0n) is 21.2. The van der Waals surface area contributed by atoms with Crippen molar-refractivity contribution in [2.24, 2.45) is 0 Å². The molecular weight excluding hydrogens is 504 g/mol. The lowest BCUT2D eigenvalue weighted by Crippen LogP contribution is -2.33. The summed E-state index contributed by atoms with van der Waals surface area (Å²) in [5, 5.41) is 7.32. The molecule has 1 aliphatic rings. The molecule has 0 spiro atoms. The Kier molecular flexibility index (Phi) is 8.22. The number of nitrogens with one attached hydrogen (secondary N) is 1. The van der Waals surface area contributed by atoms with Crippen LogP contribution < -0.4 is 14.2 Å². The number of ether oxygens (including phenoxy) is 5. The van der Waals surface area contributed by atoms with E-state index in [4.69, 9.17) is 23.7 Å². The first kappa shape index (κ1) is 26.7. The molecule has 1 aliphatic heterocycles. The van der Waals surface area contributed by atoms with Crippen molar-refractivity contribution < 1.29 is 32.1 Å². The minimum absolute atomic E-state index is 0.0847. The molecular formula is C23H30N6O7S. The number of methoxy groups -OCH3 is 3. The lowest BCUT2D eigenvalue weighted by atomic mass is 10.2. The molecule has 3 atom stereocenters. The van der Waals surface area contributed by atoms with Gasteiger partial charge in [0, 0.05) is 19.5 Å². The molecule has 0 aliphatic carbocycles. The third-order valence-corrected chi connectivity index (χ3v) is 7.57. The molecule has 0 bridgehead atoms. The van der Waals surface area contributed by atoms with E-state index in [-0.39, 0.29) is 18.4 Å². The molecule has 1 aromatic carbocycles. The molecule has 0 saturated carbocycles. The van der Waals surface area contributed by atoms with Gasteiger partial charge in [-0.25, -0.2) is 18.4 Å². The van der Waals surface area contributed by atoms with E-state index in [9.17, 15) is 8.42 Å². The van der Waals surface area contributed by atoms with Crippen LogP contribution in [0.5, 0.6) is 11.5 Å². The van der Waals surface area contributed by atoms with E-state index in [1.165, 1.54) is 32.8 Å². The van der Waals surface area contributed by atoms with Crippen molar-refractivity contribution in [3.05, 3.63) is 47.8 Å². The molecule has 2 aromatic heterocycles. The first-order chi connectivity index (χ1) is 17.8. The SMILES string of the molecule is COc1cccc(OC)c1-n1c(NS(=O)(=O)[C@@H](C)[C@H](OC)c2ncc(C)cn2)nnc1C1COCCO1. The predicted molar refractivity (Wildman–Crippen MR) is 132 cm³/mol. The molecule has 0 radical (unpaired) electrons. The number of benzene rings is 1. The highest BCUT2D eigenvalue weighted by atomic mass is 32.2. The van der Waals surface area contributed by atoms with Crippen LogP contribution in [0.4, 0.5) is 5.95 Å². The highest BCUT2D eigenvalue weighted by Crippen LogP contribution is 2.37. The van der Waals surface area contributed by atoms with E-state index in [2.05, 4.69) is 24.9 Å². The van der Waals surface area contributed by atoms with E-state index in [1.807, 2.05) is 6.92 Å². The number of sulfonamides is 1. The third-order valence-electron chi connectivity index (χ3n) is 5.88. The van der Waals surface area contributed by atoms with Crippen molar-refractivity contribution in [2.45, 2.75) is 31.3 Å². The molecule has 14 heteroatoms. The monoisotopic (exact) mass is 534 g/mol. The van der Waals surface area contributed by atoms with Crippen molar-refractivity contribution in [1.29, 1.82) is 0 Å². The maximum atomic E-state index is 13.6. The number of aromatic nitrogens is 5. The van der Waals surface area contributed by atoms with Gasteiger partial charge in [0.25, 0.3) is 0 Å². The van der Waals surface area contributed by atoms with Gasteiger partial charge in [-0.2, -0.15) is 0 Å². The summed E-state index contributed by atoms with van der Waals surface area (Å²) in [7, 11) is 0.300. The fourth-order valence-electron chi connectivity index (χ4n) is 3.92. The van der Waals surface area contributed by atoms with Crippen molar-refractivity contribution in [3.63, 3.8) is 0 Å². The summed E-state index contributed by atoms with van der Waals surface area (Å²) >= 11 is 0. The molecule has 0 amide bonds. The minimum Gasteiger partial charge on any atom is -0.494 e. The Morgan fingerprint density at radius 3 is 2.32 bits per heavy atom. The van der Waals surface area contributed by atoms with Crippen molar-refractivity contribution in [2.75, 3.05) is 45.9 Å². The highest BCUT2D eigenvalue weighted by molar-refractivity contribution is 7.93. The third kappa shape index (κ3) is 5.51. The summed E-state index contributed by atoms with van der Waals surface area (Å²) in [5.41, 5.74) is 1.24. The Hall–Kier alpha value is -3.33. The summed E-state index contributed by atoms with van der Waals surface area (Å²) in [6.45, 7) is 4.35. The second kappa shape index (κ2) is 11.4. The Bertz CT molecular complexity index is 1290. The smallest absolute Gasteiger partial charge is 0.243 e. The lowest BCUT2D eigenvalue weighted by Gasteiger charge is -2.25. The van der Waals surface area contributed by atoms with E-state index in [1.54, 1.807) is 30.6 Å². The summed E-state index contributed by atoms with van der Waals surface area (Å²) in [6, 6.07) is 5.19. The summed E-state index contributed by atoms with van der Waals surface area (Å²) in [5.74, 6) is 1.30. The Morgan fingerprint density at radius 2 is 1.76 bits per heavy atom. The second-order valence-electron chi connectivity index (χ2n) is 8.29. The molecule has 1 saturated heterocycles. The Balaban J connectivity index is 1.78. The molecule has 13 nitrogen and oxygen atoms in total. The molecule has 1 N–H and O–H groups in total. The van der Waals surface area contributed by atoms with Crippen LogP contribution in [0.15, 0.2) is 30.6 Å². The summed E-state index contributed by atoms with van der Waals surface area (Å²) in [4.78, 5) is 8.48. The average molecular weight is 535 g/mol. The second-order valence-corrected chi connectivity index (χ2v) is 10.3. The summed E-state index contributed by atoms with van der Waals surface area (Å²) < 4.78 is 59.2. The van der Waals surface area contributed by atoms with E-state index in [0.717, 1.165) is 5.56 Å². The molecule has 200 valence electrons. The molecule has 4 rings (SSSR count). The maximum Gasteiger partial charge on any atom is 0.243 e. The number of hydrogen-bond donors (Lipinski definition) is 1. The van der Waals surface area contributed by atoms with Crippen molar-refractivity contribution >= 4 is 16.0 Å². The van der Waals surface area contributed by atoms with Gasteiger partial charge >= 0.3 is 0 Å². The first-order valence-corrected chi connectivity index (χ1v) is 13.0. The fourth-order valence-corrected chi connectivity index (χ4v) is 5.05. The zero-order valence-corrected chi connectivity index (χ0v) is 22.1. The quantitative estimate of drug-likeness (QED) is 0.407. The Labute approximate surface area is 215 Å². The molecule has 1 unspecified atom stereocenters. The van der Waals surface area contributed by atoms with Crippen LogP contribution in [0.25, 0.3) is 5.69 Å². The van der Waals surface area contributed by atoms with Gasteiger partial charge in [-0.05, 0) is 31.5 Å². The topological polar surface area (TPSA) is 149 Å². The largest absolute Gasteiger partial charge is 0.494 e. The van der Waals surface area contributed by atoms with Crippen LogP contribution in [-0.2, 0) is 24.2 Å². The average Bonchev–Trinajstić information content (AvgIpc) is 3.32. The van der Waals surface area contributed by atoms with Gasteiger partial charge in [0.15, 0.2) is 11.6 Å².